The van der Waals surface area contributed by atoms with Gasteiger partial charge in [-0.25, -0.2) is 0 Å². The highest BCUT2D eigenvalue weighted by molar-refractivity contribution is 5.97. The summed E-state index contributed by atoms with van der Waals surface area (Å²) in [7, 11) is 0. The van der Waals surface area contributed by atoms with Gasteiger partial charge in [0, 0.05) is 11.8 Å². The molecule has 14 heavy (non-hydrogen) atoms. The molecule has 0 atom stereocenters. The monoisotopic (exact) mass is 187 g/mol. The van der Waals surface area contributed by atoms with Crippen molar-refractivity contribution in [2.45, 2.75) is 6.92 Å². The van der Waals surface area contributed by atoms with Crippen LogP contribution in [0.25, 0.3) is 0 Å². The van der Waals surface area contributed by atoms with Crippen LogP contribution in [0.5, 0.6) is 0 Å². The molecule has 0 saturated carbocycles. The molecule has 0 aromatic heterocycles. The van der Waals surface area contributed by atoms with Crippen molar-refractivity contribution in [3.63, 3.8) is 0 Å². The molecule has 0 unspecified atom stereocenters. The van der Waals surface area contributed by atoms with Crippen LogP contribution in [0.15, 0.2) is 52.7 Å². The molecule has 3 nitrogen and oxygen atoms in total. The summed E-state index contributed by atoms with van der Waals surface area (Å²) in [4.78, 5) is 0. The quantitative estimate of drug-likeness (QED) is 0.439. The zero-order chi connectivity index (χ0) is 10.2. The summed E-state index contributed by atoms with van der Waals surface area (Å²) in [5.74, 6) is 0.423. The van der Waals surface area contributed by atoms with Crippen molar-refractivity contribution in [2.24, 2.45) is 15.9 Å². The molecule has 0 aliphatic carbocycles. The molecule has 0 bridgehead atoms. The first-order chi connectivity index (χ1) is 6.84. The molecule has 0 amide bonds. The first kappa shape index (κ1) is 10.2. The van der Waals surface area contributed by atoms with Crippen molar-refractivity contribution in [3.05, 3.63) is 48.0 Å². The van der Waals surface area contributed by atoms with Gasteiger partial charge < -0.3 is 5.73 Å². The van der Waals surface area contributed by atoms with E-state index in [2.05, 4.69) is 10.2 Å². The summed E-state index contributed by atoms with van der Waals surface area (Å²) in [5, 5.41) is 7.63. The van der Waals surface area contributed by atoms with E-state index in [9.17, 15) is 0 Å². The van der Waals surface area contributed by atoms with Crippen LogP contribution >= 0.6 is 0 Å². The van der Waals surface area contributed by atoms with Crippen LogP contribution in [0.2, 0.25) is 0 Å². The third-order valence-corrected chi connectivity index (χ3v) is 1.58. The van der Waals surface area contributed by atoms with E-state index in [0.29, 0.717) is 5.84 Å². The molecule has 0 radical (unpaired) electrons. The minimum atomic E-state index is 0.423. The van der Waals surface area contributed by atoms with E-state index in [-0.39, 0.29) is 0 Å². The fourth-order valence-corrected chi connectivity index (χ4v) is 0.887. The van der Waals surface area contributed by atoms with E-state index in [1.54, 1.807) is 12.3 Å². The maximum Gasteiger partial charge on any atom is 0.153 e. The number of hydrogen-bond acceptors (Lipinski definition) is 2. The summed E-state index contributed by atoms with van der Waals surface area (Å²) in [6.07, 6.45) is 5.26. The van der Waals surface area contributed by atoms with Crippen molar-refractivity contribution in [1.29, 1.82) is 0 Å². The Bertz CT molecular complexity index is 350. The SMILES string of the molecule is C/C=C/C=N/N=C(/N)c1ccccc1. The molecule has 0 aliphatic heterocycles. The van der Waals surface area contributed by atoms with Crippen LogP contribution < -0.4 is 5.73 Å². The number of benzene rings is 1. The predicted octanol–water partition coefficient (Wildman–Crippen LogP) is 1.95. The molecule has 0 aliphatic rings. The fraction of sp³-hybridized carbons (Fsp3) is 0.0909. The summed E-state index contributed by atoms with van der Waals surface area (Å²) in [6, 6.07) is 9.54. The van der Waals surface area contributed by atoms with Gasteiger partial charge in [0.15, 0.2) is 5.84 Å². The van der Waals surface area contributed by atoms with Gasteiger partial charge in [-0.05, 0) is 13.0 Å². The minimum Gasteiger partial charge on any atom is -0.382 e. The lowest BCUT2D eigenvalue weighted by Crippen LogP contribution is -2.12. The van der Waals surface area contributed by atoms with Crippen LogP contribution in [-0.2, 0) is 0 Å². The summed E-state index contributed by atoms with van der Waals surface area (Å²) in [5.41, 5.74) is 6.57. The van der Waals surface area contributed by atoms with E-state index in [0.717, 1.165) is 5.56 Å². The number of allylic oxidation sites excluding steroid dienone is 2. The number of amidine groups is 1. The van der Waals surface area contributed by atoms with E-state index in [1.165, 1.54) is 0 Å². The van der Waals surface area contributed by atoms with Crippen molar-refractivity contribution in [1.82, 2.24) is 0 Å². The van der Waals surface area contributed by atoms with Gasteiger partial charge in [-0.3, -0.25) is 0 Å². The summed E-state index contributed by atoms with van der Waals surface area (Å²) in [6.45, 7) is 1.91. The second-order valence-electron chi connectivity index (χ2n) is 2.64. The second kappa shape index (κ2) is 5.70. The Balaban J connectivity index is 2.70. The topological polar surface area (TPSA) is 50.7 Å². The van der Waals surface area contributed by atoms with E-state index < -0.39 is 0 Å². The Hall–Kier alpha value is -1.90. The zero-order valence-electron chi connectivity index (χ0n) is 8.09. The lowest BCUT2D eigenvalue weighted by atomic mass is 10.2. The molecule has 3 heteroatoms. The minimum absolute atomic E-state index is 0.423. The van der Waals surface area contributed by atoms with Gasteiger partial charge in [0.25, 0.3) is 0 Å². The van der Waals surface area contributed by atoms with Crippen molar-refractivity contribution in [2.75, 3.05) is 0 Å². The first-order valence-corrected chi connectivity index (χ1v) is 4.38. The maximum atomic E-state index is 5.69. The molecule has 0 fully saturated rings. The van der Waals surface area contributed by atoms with Crippen molar-refractivity contribution in [3.8, 4) is 0 Å². The van der Waals surface area contributed by atoms with Crippen molar-refractivity contribution < 1.29 is 0 Å². The predicted molar refractivity (Wildman–Crippen MR) is 60.5 cm³/mol. The smallest absolute Gasteiger partial charge is 0.153 e. The standard InChI is InChI=1S/C11H13N3/c1-2-3-9-13-14-11(12)10-7-5-4-6-8-10/h2-9H,1H3,(H2,12,14)/b3-2+,13-9+. The molecule has 1 aromatic carbocycles. The first-order valence-electron chi connectivity index (χ1n) is 4.38. The average Bonchev–Trinajstić information content (AvgIpc) is 2.25. The highest BCUT2D eigenvalue weighted by Gasteiger charge is 1.93. The molecular weight excluding hydrogens is 174 g/mol. The van der Waals surface area contributed by atoms with Gasteiger partial charge in [0.2, 0.25) is 0 Å². The Labute approximate surface area is 83.7 Å². The van der Waals surface area contributed by atoms with Gasteiger partial charge in [-0.2, -0.15) is 5.10 Å². The van der Waals surface area contributed by atoms with Crippen molar-refractivity contribution >= 4 is 12.1 Å². The molecule has 0 saturated heterocycles. The fourth-order valence-electron chi connectivity index (χ4n) is 0.887. The summed E-state index contributed by atoms with van der Waals surface area (Å²) < 4.78 is 0. The molecule has 2 N–H and O–H groups in total. The third-order valence-electron chi connectivity index (χ3n) is 1.58. The van der Waals surface area contributed by atoms with E-state index in [1.807, 2.05) is 43.3 Å². The highest BCUT2D eigenvalue weighted by Crippen LogP contribution is 1.97. The second-order valence-corrected chi connectivity index (χ2v) is 2.64. The van der Waals surface area contributed by atoms with Gasteiger partial charge in [0.05, 0.1) is 0 Å². The number of hydrogen-bond donors (Lipinski definition) is 1. The van der Waals surface area contributed by atoms with Gasteiger partial charge in [-0.15, -0.1) is 5.10 Å². The number of nitrogens with two attached hydrogens (primary N) is 1. The van der Waals surface area contributed by atoms with E-state index in [4.69, 9.17) is 5.73 Å². The zero-order valence-corrected chi connectivity index (χ0v) is 8.09. The van der Waals surface area contributed by atoms with E-state index >= 15 is 0 Å². The van der Waals surface area contributed by atoms with Crippen LogP contribution in [0.1, 0.15) is 12.5 Å². The lowest BCUT2D eigenvalue weighted by Gasteiger charge is -1.95. The van der Waals surface area contributed by atoms with Gasteiger partial charge in [-0.1, -0.05) is 36.4 Å². The van der Waals surface area contributed by atoms with Crippen LogP contribution in [0.4, 0.5) is 0 Å². The Morgan fingerprint density at radius 1 is 1.29 bits per heavy atom. The molecular formula is C11H13N3. The molecule has 1 aromatic rings. The van der Waals surface area contributed by atoms with Gasteiger partial charge >= 0.3 is 0 Å². The average molecular weight is 187 g/mol. The Kier molecular flexibility index (Phi) is 4.14. The van der Waals surface area contributed by atoms with Crippen LogP contribution in [0.3, 0.4) is 0 Å². The molecule has 0 spiro atoms. The molecule has 72 valence electrons. The third kappa shape index (κ3) is 3.23. The van der Waals surface area contributed by atoms with Gasteiger partial charge in [0.1, 0.15) is 0 Å². The van der Waals surface area contributed by atoms with Crippen LogP contribution in [-0.4, -0.2) is 12.1 Å². The van der Waals surface area contributed by atoms with Crippen LogP contribution in [0, 0.1) is 0 Å². The Morgan fingerprint density at radius 2 is 2.00 bits per heavy atom. The number of rotatable bonds is 3. The number of nitrogens with zero attached hydrogens (tertiary/aromatic N) is 2. The normalized spacial score (nSPS) is 12.8. The maximum absolute atomic E-state index is 5.69. The highest BCUT2D eigenvalue weighted by atomic mass is 15.2. The summed E-state index contributed by atoms with van der Waals surface area (Å²) >= 11 is 0. The lowest BCUT2D eigenvalue weighted by molar-refractivity contribution is 1.23. The molecule has 1 rings (SSSR count). The molecule has 0 heterocycles. The Morgan fingerprint density at radius 3 is 2.64 bits per heavy atom. The largest absolute Gasteiger partial charge is 0.382 e.